The molecule has 5 heteroatoms. The van der Waals surface area contributed by atoms with Crippen molar-refractivity contribution in [1.29, 1.82) is 0 Å². The number of aromatic hydroxyl groups is 1. The smallest absolute Gasteiger partial charge is 0.248 e. The van der Waals surface area contributed by atoms with Gasteiger partial charge in [0.2, 0.25) is 11.6 Å². The zero-order chi connectivity index (χ0) is 13.8. The molecule has 1 aromatic carbocycles. The zero-order valence-electron chi connectivity index (χ0n) is 11.1. The zero-order valence-corrected chi connectivity index (χ0v) is 11.1. The Morgan fingerprint density at radius 3 is 2.79 bits per heavy atom. The highest BCUT2D eigenvalue weighted by Gasteiger charge is 2.15. The molecule has 0 saturated heterocycles. The summed E-state index contributed by atoms with van der Waals surface area (Å²) in [7, 11) is 0. The van der Waals surface area contributed by atoms with Crippen molar-refractivity contribution < 1.29 is 15.1 Å². The second kappa shape index (κ2) is 5.75. The van der Waals surface area contributed by atoms with Gasteiger partial charge in [0.05, 0.1) is 0 Å². The van der Waals surface area contributed by atoms with E-state index in [1.54, 1.807) is 6.08 Å². The lowest BCUT2D eigenvalue weighted by Gasteiger charge is -2.12. The van der Waals surface area contributed by atoms with Crippen molar-refractivity contribution in [2.45, 2.75) is 20.4 Å². The lowest BCUT2D eigenvalue weighted by molar-refractivity contribution is 0.305. The lowest BCUT2D eigenvalue weighted by Crippen LogP contribution is -2.19. The summed E-state index contributed by atoms with van der Waals surface area (Å²) >= 11 is 0. The van der Waals surface area contributed by atoms with Gasteiger partial charge in [0.1, 0.15) is 0 Å². The second-order valence-electron chi connectivity index (χ2n) is 4.89. The molecule has 3 N–H and O–H groups in total. The third-order valence-corrected chi connectivity index (χ3v) is 2.76. The van der Waals surface area contributed by atoms with Gasteiger partial charge >= 0.3 is 0 Å². The van der Waals surface area contributed by atoms with Crippen molar-refractivity contribution in [3.8, 4) is 11.5 Å². The molecule has 0 amide bonds. The maximum atomic E-state index is 10.2. The molecule has 0 fully saturated rings. The van der Waals surface area contributed by atoms with E-state index in [0.29, 0.717) is 18.0 Å². The number of phenolic OH excluding ortho intramolecular Hbond substituents is 1. The molecular weight excluding hydrogens is 244 g/mol. The van der Waals surface area contributed by atoms with Crippen LogP contribution < -0.4 is 10.2 Å². The Morgan fingerprint density at radius 1 is 1.26 bits per heavy atom. The van der Waals surface area contributed by atoms with Crippen LogP contribution in [-0.2, 0) is 6.54 Å². The molecule has 0 spiro atoms. The normalized spacial score (nSPS) is 13.7. The molecule has 0 aliphatic carbocycles. The number of hydrogen-bond donors (Lipinski definition) is 3. The average molecular weight is 262 g/mol. The fourth-order valence-corrected chi connectivity index (χ4v) is 1.78. The molecule has 2 rings (SSSR count). The Bertz CT molecular complexity index is 522. The first-order valence-corrected chi connectivity index (χ1v) is 6.25. The molecule has 1 aliphatic heterocycles. The molecule has 0 atom stereocenters. The third kappa shape index (κ3) is 3.26. The summed E-state index contributed by atoms with van der Waals surface area (Å²) < 4.78 is 0. The number of benzene rings is 1. The van der Waals surface area contributed by atoms with Gasteiger partial charge in [0.15, 0.2) is 5.75 Å². The van der Waals surface area contributed by atoms with E-state index < -0.39 is 0 Å². The van der Waals surface area contributed by atoms with E-state index in [2.05, 4.69) is 24.3 Å². The van der Waals surface area contributed by atoms with Gasteiger partial charge in [-0.3, -0.25) is 0 Å². The monoisotopic (exact) mass is 262 g/mol. The quantitative estimate of drug-likeness (QED) is 0.779. The van der Waals surface area contributed by atoms with Gasteiger partial charge in [-0.1, -0.05) is 26.0 Å². The van der Waals surface area contributed by atoms with E-state index in [1.807, 2.05) is 12.1 Å². The van der Waals surface area contributed by atoms with Crippen LogP contribution in [0.5, 0.6) is 11.5 Å². The van der Waals surface area contributed by atoms with Crippen LogP contribution in [0, 0.1) is 5.92 Å². The summed E-state index contributed by atoms with van der Waals surface area (Å²) in [4.78, 5) is 5.06. The number of aliphatic hydroxyl groups is 1. The lowest BCUT2D eigenvalue weighted by atomic mass is 10.1. The number of rotatable bonds is 4. The molecule has 1 aliphatic rings. The minimum atomic E-state index is -0.227. The van der Waals surface area contributed by atoms with E-state index in [0.717, 1.165) is 12.1 Å². The molecule has 102 valence electrons. The maximum absolute atomic E-state index is 10.2. The predicted octanol–water partition coefficient (Wildman–Crippen LogP) is 2.41. The topological polar surface area (TPSA) is 74.1 Å². The Labute approximate surface area is 112 Å². The van der Waals surface area contributed by atoms with Crippen molar-refractivity contribution in [3.63, 3.8) is 0 Å². The first-order chi connectivity index (χ1) is 9.08. The molecule has 0 radical (unpaired) electrons. The fraction of sp³-hybridized carbons (Fsp3) is 0.357. The molecule has 1 heterocycles. The molecule has 0 bridgehead atoms. The summed E-state index contributed by atoms with van der Waals surface area (Å²) in [5.41, 5.74) is 1.42. The van der Waals surface area contributed by atoms with Gasteiger partial charge in [-0.2, -0.15) is 0 Å². The highest BCUT2D eigenvalue weighted by Crippen LogP contribution is 2.35. The van der Waals surface area contributed by atoms with Crippen molar-refractivity contribution in [1.82, 2.24) is 5.32 Å². The van der Waals surface area contributed by atoms with Crippen molar-refractivity contribution in [2.75, 3.05) is 6.54 Å². The van der Waals surface area contributed by atoms with E-state index in [9.17, 15) is 10.2 Å². The molecule has 0 aromatic heterocycles. The minimum absolute atomic E-state index is 0.0526. The molecule has 0 saturated carbocycles. The van der Waals surface area contributed by atoms with Crippen LogP contribution in [0.4, 0.5) is 0 Å². The number of aliphatic hydroxyl groups excluding tert-OH is 1. The first kappa shape index (κ1) is 13.4. The Morgan fingerprint density at radius 2 is 2.05 bits per heavy atom. The van der Waals surface area contributed by atoms with Crippen LogP contribution in [0.1, 0.15) is 25.0 Å². The fourth-order valence-electron chi connectivity index (χ4n) is 1.78. The molecule has 5 nitrogen and oxygen atoms in total. The number of hydrogen-bond acceptors (Lipinski definition) is 4. The van der Waals surface area contributed by atoms with Gasteiger partial charge in [-0.25, -0.2) is 0 Å². The maximum Gasteiger partial charge on any atom is 0.248 e. The van der Waals surface area contributed by atoms with E-state index in [4.69, 9.17) is 4.84 Å². The van der Waals surface area contributed by atoms with Gasteiger partial charge in [-0.15, -0.1) is 0 Å². The molecular formula is C14H18N2O3. The van der Waals surface area contributed by atoms with Gasteiger partial charge in [0.25, 0.3) is 0 Å². The number of phenols is 1. The first-order valence-electron chi connectivity index (χ1n) is 6.25. The highest BCUT2D eigenvalue weighted by atomic mass is 16.6. The third-order valence-electron chi connectivity index (χ3n) is 2.76. The van der Waals surface area contributed by atoms with Crippen LogP contribution in [0.3, 0.4) is 0 Å². The van der Waals surface area contributed by atoms with Crippen LogP contribution in [0.25, 0.3) is 6.08 Å². The Balaban J connectivity index is 2.19. The standard InChI is InChI=1S/C14H18N2O3/c1-9(2)7-15-8-11-4-3-10-5-6-12(17)16-19-14(10)13(11)18/h3-6,9,15,18H,7-8H2,1-2H3,(H,16,17). The van der Waals surface area contributed by atoms with E-state index in [-0.39, 0.29) is 17.4 Å². The number of oxime groups is 1. The van der Waals surface area contributed by atoms with Crippen LogP contribution in [0.2, 0.25) is 0 Å². The molecule has 19 heavy (non-hydrogen) atoms. The van der Waals surface area contributed by atoms with Gasteiger partial charge in [-0.05, 0) is 23.7 Å². The van der Waals surface area contributed by atoms with Crippen LogP contribution in [0.15, 0.2) is 23.4 Å². The second-order valence-corrected chi connectivity index (χ2v) is 4.89. The van der Waals surface area contributed by atoms with Crippen LogP contribution >= 0.6 is 0 Å². The van der Waals surface area contributed by atoms with Crippen LogP contribution in [-0.4, -0.2) is 22.7 Å². The van der Waals surface area contributed by atoms with E-state index >= 15 is 0 Å². The summed E-state index contributed by atoms with van der Waals surface area (Å²) in [5, 5.41) is 26.2. The minimum Gasteiger partial charge on any atom is -0.504 e. The SMILES string of the molecule is CC(C)CNCc1ccc2c(c1O)ON=C(O)C=C2. The van der Waals surface area contributed by atoms with Crippen molar-refractivity contribution in [3.05, 3.63) is 29.3 Å². The summed E-state index contributed by atoms with van der Waals surface area (Å²) in [6.07, 6.45) is 3.06. The van der Waals surface area contributed by atoms with Crippen molar-refractivity contribution in [2.24, 2.45) is 11.1 Å². The summed E-state index contributed by atoms with van der Waals surface area (Å²) in [6.45, 7) is 5.67. The predicted molar refractivity (Wildman–Crippen MR) is 74.4 cm³/mol. The van der Waals surface area contributed by atoms with E-state index in [1.165, 1.54) is 6.08 Å². The number of nitrogens with one attached hydrogen (secondary N) is 1. The molecule has 1 aromatic rings. The Kier molecular flexibility index (Phi) is 4.06. The highest BCUT2D eigenvalue weighted by molar-refractivity contribution is 5.91. The largest absolute Gasteiger partial charge is 0.504 e. The average Bonchev–Trinajstić information content (AvgIpc) is 2.55. The summed E-state index contributed by atoms with van der Waals surface area (Å²) in [5.74, 6) is 0.639. The number of fused-ring (bicyclic) bond motifs is 1. The van der Waals surface area contributed by atoms with Crippen molar-refractivity contribution >= 4 is 12.0 Å². The number of nitrogens with zero attached hydrogens (tertiary/aromatic N) is 1. The Hall–Kier alpha value is -2.01. The van der Waals surface area contributed by atoms with Gasteiger partial charge in [0, 0.05) is 23.7 Å². The van der Waals surface area contributed by atoms with Gasteiger partial charge < -0.3 is 20.4 Å². The summed E-state index contributed by atoms with van der Waals surface area (Å²) in [6, 6.07) is 3.66. The molecule has 0 unspecified atom stereocenters.